The summed E-state index contributed by atoms with van der Waals surface area (Å²) in [5, 5.41) is 22.9. The summed E-state index contributed by atoms with van der Waals surface area (Å²) in [5.41, 5.74) is 3.04. The van der Waals surface area contributed by atoms with Crippen LogP contribution in [0.3, 0.4) is 0 Å². The maximum Gasteiger partial charge on any atom is 0.273 e. The molecule has 0 saturated heterocycles. The molecule has 4 aromatic rings. The van der Waals surface area contributed by atoms with Gasteiger partial charge in [-0.2, -0.15) is 0 Å². The number of nitrogens with one attached hydrogen (secondary N) is 1. The van der Waals surface area contributed by atoms with Crippen molar-refractivity contribution < 1.29 is 14.5 Å². The van der Waals surface area contributed by atoms with Gasteiger partial charge in [-0.05, 0) is 37.3 Å². The van der Waals surface area contributed by atoms with E-state index in [-0.39, 0.29) is 23.1 Å². The van der Waals surface area contributed by atoms with Gasteiger partial charge in [-0.1, -0.05) is 29.5 Å². The molecule has 0 spiro atoms. The number of nitrogens with zero attached hydrogens (tertiary/aromatic N) is 5. The molecule has 0 aliphatic carbocycles. The minimum Gasteiger partial charge on any atom is -0.494 e. The van der Waals surface area contributed by atoms with Crippen LogP contribution in [0, 0.1) is 17.0 Å². The largest absolute Gasteiger partial charge is 0.494 e. The summed E-state index contributed by atoms with van der Waals surface area (Å²) in [6, 6.07) is 15.6. The standard InChI is InChI=1S/C23H20N6O4S/c1-15-3-5-17(6-4-15)28-22(16-9-11-24-12-10-16)26-27-23(28)34-14-21(30)25-19-8-7-18(29(31)32)13-20(19)33-2/h3-13H,14H2,1-2H3,(H,25,30). The molecule has 0 aliphatic heterocycles. The van der Waals surface area contributed by atoms with Crippen molar-refractivity contribution in [1.29, 1.82) is 0 Å². The van der Waals surface area contributed by atoms with Gasteiger partial charge in [-0.15, -0.1) is 10.2 Å². The normalized spacial score (nSPS) is 10.6. The highest BCUT2D eigenvalue weighted by Gasteiger charge is 2.18. The van der Waals surface area contributed by atoms with Crippen LogP contribution in [-0.2, 0) is 4.79 Å². The fourth-order valence-electron chi connectivity index (χ4n) is 3.19. The first kappa shape index (κ1) is 22.9. The van der Waals surface area contributed by atoms with Crippen LogP contribution in [-0.4, -0.2) is 43.4 Å². The number of pyridine rings is 1. The van der Waals surface area contributed by atoms with Crippen molar-refractivity contribution in [3.05, 3.63) is 82.7 Å². The molecule has 0 radical (unpaired) electrons. The first-order chi connectivity index (χ1) is 16.5. The molecule has 11 heteroatoms. The molecule has 1 N–H and O–H groups in total. The fraction of sp³-hybridized carbons (Fsp3) is 0.130. The number of hydrogen-bond acceptors (Lipinski definition) is 8. The number of anilines is 1. The summed E-state index contributed by atoms with van der Waals surface area (Å²) in [5.74, 6) is 0.558. The number of thioether (sulfide) groups is 1. The highest BCUT2D eigenvalue weighted by atomic mass is 32.2. The third kappa shape index (κ3) is 5.04. The molecule has 2 aromatic carbocycles. The molecule has 2 aromatic heterocycles. The van der Waals surface area contributed by atoms with Gasteiger partial charge in [0.05, 0.1) is 29.5 Å². The lowest BCUT2D eigenvalue weighted by atomic mass is 10.2. The molecule has 34 heavy (non-hydrogen) atoms. The van der Waals surface area contributed by atoms with Crippen molar-refractivity contribution in [3.63, 3.8) is 0 Å². The molecular weight excluding hydrogens is 456 g/mol. The number of aromatic nitrogens is 4. The molecular formula is C23H20N6O4S. The third-order valence-electron chi connectivity index (χ3n) is 4.87. The van der Waals surface area contributed by atoms with E-state index in [1.165, 1.54) is 37.1 Å². The number of rotatable bonds is 8. The van der Waals surface area contributed by atoms with Crippen molar-refractivity contribution in [2.75, 3.05) is 18.2 Å². The average molecular weight is 477 g/mol. The number of nitro groups is 1. The van der Waals surface area contributed by atoms with Crippen molar-refractivity contribution in [2.24, 2.45) is 0 Å². The van der Waals surface area contributed by atoms with Gasteiger partial charge >= 0.3 is 0 Å². The maximum atomic E-state index is 12.7. The number of nitro benzene ring substituents is 1. The van der Waals surface area contributed by atoms with Crippen LogP contribution in [0.1, 0.15) is 5.56 Å². The summed E-state index contributed by atoms with van der Waals surface area (Å²) in [6.07, 6.45) is 3.36. The zero-order valence-electron chi connectivity index (χ0n) is 18.3. The Labute approximate surface area is 199 Å². The summed E-state index contributed by atoms with van der Waals surface area (Å²) in [7, 11) is 1.38. The molecule has 0 fully saturated rings. The lowest BCUT2D eigenvalue weighted by Crippen LogP contribution is -2.15. The van der Waals surface area contributed by atoms with E-state index >= 15 is 0 Å². The van der Waals surface area contributed by atoms with Crippen LogP contribution < -0.4 is 10.1 Å². The lowest BCUT2D eigenvalue weighted by Gasteiger charge is -2.12. The zero-order valence-corrected chi connectivity index (χ0v) is 19.2. The van der Waals surface area contributed by atoms with Crippen molar-refractivity contribution in [3.8, 4) is 22.8 Å². The maximum absolute atomic E-state index is 12.7. The van der Waals surface area contributed by atoms with Crippen molar-refractivity contribution in [1.82, 2.24) is 19.7 Å². The van der Waals surface area contributed by atoms with Gasteiger partial charge < -0.3 is 10.1 Å². The Kier molecular flexibility index (Phi) is 6.83. The first-order valence-electron chi connectivity index (χ1n) is 10.1. The highest BCUT2D eigenvalue weighted by molar-refractivity contribution is 7.99. The smallest absolute Gasteiger partial charge is 0.273 e. The third-order valence-corrected chi connectivity index (χ3v) is 5.80. The molecule has 2 heterocycles. The number of carbonyl (C=O) groups is 1. The molecule has 0 saturated carbocycles. The predicted molar refractivity (Wildman–Crippen MR) is 128 cm³/mol. The Bertz CT molecular complexity index is 1330. The van der Waals surface area contributed by atoms with Crippen LogP contribution in [0.15, 0.2) is 72.1 Å². The van der Waals surface area contributed by atoms with Gasteiger partial charge in [0.15, 0.2) is 11.0 Å². The molecule has 0 aliphatic rings. The highest BCUT2D eigenvalue weighted by Crippen LogP contribution is 2.30. The van der Waals surface area contributed by atoms with E-state index in [4.69, 9.17) is 4.74 Å². The van der Waals surface area contributed by atoms with Gasteiger partial charge in [-0.25, -0.2) is 0 Å². The number of non-ortho nitro benzene ring substituents is 1. The first-order valence-corrected chi connectivity index (χ1v) is 11.1. The van der Waals surface area contributed by atoms with Gasteiger partial charge in [-0.3, -0.25) is 24.5 Å². The van der Waals surface area contributed by atoms with Crippen LogP contribution >= 0.6 is 11.8 Å². The Morgan fingerprint density at radius 1 is 1.12 bits per heavy atom. The quantitative estimate of drug-likeness (QED) is 0.227. The second-order valence-electron chi connectivity index (χ2n) is 7.19. The Hall–Kier alpha value is -4.25. The molecule has 172 valence electrons. The fourth-order valence-corrected chi connectivity index (χ4v) is 3.94. The molecule has 0 atom stereocenters. The number of amides is 1. The molecule has 4 rings (SSSR count). The number of benzene rings is 2. The Morgan fingerprint density at radius 2 is 1.85 bits per heavy atom. The van der Waals surface area contributed by atoms with E-state index in [1.807, 2.05) is 47.9 Å². The van der Waals surface area contributed by atoms with Crippen LogP contribution in [0.4, 0.5) is 11.4 Å². The lowest BCUT2D eigenvalue weighted by molar-refractivity contribution is -0.384. The van der Waals surface area contributed by atoms with E-state index in [0.29, 0.717) is 16.7 Å². The van der Waals surface area contributed by atoms with E-state index in [1.54, 1.807) is 12.4 Å². The summed E-state index contributed by atoms with van der Waals surface area (Å²) in [6.45, 7) is 2.01. The van der Waals surface area contributed by atoms with E-state index in [2.05, 4.69) is 20.5 Å². The van der Waals surface area contributed by atoms with Crippen LogP contribution in [0.5, 0.6) is 5.75 Å². The number of carbonyl (C=O) groups excluding carboxylic acids is 1. The molecule has 0 bridgehead atoms. The average Bonchev–Trinajstić information content (AvgIpc) is 3.28. The monoisotopic (exact) mass is 476 g/mol. The molecule has 0 unspecified atom stereocenters. The van der Waals surface area contributed by atoms with Gasteiger partial charge in [0.25, 0.3) is 5.69 Å². The van der Waals surface area contributed by atoms with Crippen molar-refractivity contribution >= 4 is 29.0 Å². The van der Waals surface area contributed by atoms with Crippen LogP contribution in [0.2, 0.25) is 0 Å². The number of ether oxygens (including phenoxy) is 1. The minimum absolute atomic E-state index is 0.0421. The van der Waals surface area contributed by atoms with Gasteiger partial charge in [0.1, 0.15) is 5.75 Å². The van der Waals surface area contributed by atoms with Gasteiger partial charge in [0, 0.05) is 29.7 Å². The summed E-state index contributed by atoms with van der Waals surface area (Å²) < 4.78 is 7.07. The van der Waals surface area contributed by atoms with E-state index in [9.17, 15) is 14.9 Å². The SMILES string of the molecule is COc1cc([N+](=O)[O-])ccc1NC(=O)CSc1nnc(-c2ccncc2)n1-c1ccc(C)cc1. The Balaban J connectivity index is 1.56. The summed E-state index contributed by atoms with van der Waals surface area (Å²) in [4.78, 5) is 27.2. The second kappa shape index (κ2) is 10.1. The van der Waals surface area contributed by atoms with Crippen molar-refractivity contribution in [2.45, 2.75) is 12.1 Å². The predicted octanol–water partition coefficient (Wildman–Crippen LogP) is 4.29. The van der Waals surface area contributed by atoms with Crippen LogP contribution in [0.25, 0.3) is 17.1 Å². The van der Waals surface area contributed by atoms with E-state index < -0.39 is 4.92 Å². The minimum atomic E-state index is -0.526. The number of aryl methyl sites for hydroxylation is 1. The summed E-state index contributed by atoms with van der Waals surface area (Å²) >= 11 is 1.22. The number of hydrogen-bond donors (Lipinski definition) is 1. The van der Waals surface area contributed by atoms with Gasteiger partial charge in [0.2, 0.25) is 5.91 Å². The second-order valence-corrected chi connectivity index (χ2v) is 8.13. The topological polar surface area (TPSA) is 125 Å². The molecule has 10 nitrogen and oxygen atoms in total. The zero-order chi connectivity index (χ0) is 24.1. The Morgan fingerprint density at radius 3 is 2.53 bits per heavy atom. The van der Waals surface area contributed by atoms with E-state index in [0.717, 1.165) is 16.8 Å². The molecule has 1 amide bonds. The number of methoxy groups -OCH3 is 1.